The number of hydrogen-bond acceptors (Lipinski definition) is 7. The van der Waals surface area contributed by atoms with Crippen LogP contribution in [-0.2, 0) is 11.1 Å². The molecule has 168 valence electrons. The number of carbonyl (C=O) groups is 1. The molecule has 0 bridgehead atoms. The highest BCUT2D eigenvalue weighted by Gasteiger charge is 2.31. The first-order valence-corrected chi connectivity index (χ1v) is 11.1. The molecule has 0 atom stereocenters. The molecule has 5 rings (SSSR count). The summed E-state index contributed by atoms with van der Waals surface area (Å²) in [5.74, 6) is 1.37. The predicted octanol–water partition coefficient (Wildman–Crippen LogP) is 3.91. The molecule has 2 aliphatic rings. The largest absolute Gasteiger partial charge is 0.291 e. The molecule has 0 saturated carbocycles. The molecule has 4 heterocycles. The second kappa shape index (κ2) is 8.72. The van der Waals surface area contributed by atoms with Crippen LogP contribution in [0.15, 0.2) is 30.3 Å². The summed E-state index contributed by atoms with van der Waals surface area (Å²) in [4.78, 5) is 11.5. The van der Waals surface area contributed by atoms with E-state index < -0.39 is 0 Å². The monoisotopic (exact) mass is 434 g/mol. The highest BCUT2D eigenvalue weighted by molar-refractivity contribution is 5.92. The standard InChI is InChI=1S/C15H18N4.C8H12N4O/c1-15(2)10-6-9-13(14-16-17-18-19(14)15)11-12-7-4-3-5-8-12;1-8(2)5-3-4-6(13)7-9-10-11-12(7)8/h3-5,7-8,11H,6,9-10H2,1-2H3;3-5H2,1-2H3. The van der Waals surface area contributed by atoms with Crippen molar-refractivity contribution in [3.05, 3.63) is 47.5 Å². The fraction of sp³-hybridized carbons (Fsp3) is 0.522. The zero-order chi connectivity index (χ0) is 22.8. The van der Waals surface area contributed by atoms with Gasteiger partial charge in [-0.15, -0.1) is 10.2 Å². The molecule has 0 saturated heterocycles. The Morgan fingerprint density at radius 3 is 2.03 bits per heavy atom. The summed E-state index contributed by atoms with van der Waals surface area (Å²) in [6.07, 6.45) is 7.87. The van der Waals surface area contributed by atoms with Crippen LogP contribution in [0.5, 0.6) is 0 Å². The second-order valence-electron chi connectivity index (χ2n) is 9.66. The van der Waals surface area contributed by atoms with E-state index in [1.807, 2.05) is 24.6 Å². The van der Waals surface area contributed by atoms with Crippen molar-refractivity contribution >= 4 is 17.4 Å². The number of carbonyl (C=O) groups excluding carboxylic acids is 1. The zero-order valence-corrected chi connectivity index (χ0v) is 19.2. The van der Waals surface area contributed by atoms with E-state index in [1.165, 1.54) is 11.1 Å². The first-order valence-electron chi connectivity index (χ1n) is 11.1. The molecular weight excluding hydrogens is 404 g/mol. The van der Waals surface area contributed by atoms with Gasteiger partial charge in [-0.3, -0.25) is 4.79 Å². The smallest absolute Gasteiger partial charge is 0.218 e. The van der Waals surface area contributed by atoms with Crippen LogP contribution >= 0.6 is 0 Å². The number of fused-ring (bicyclic) bond motifs is 2. The summed E-state index contributed by atoms with van der Waals surface area (Å²) in [6.45, 7) is 8.48. The Morgan fingerprint density at radius 2 is 1.38 bits per heavy atom. The van der Waals surface area contributed by atoms with Gasteiger partial charge in [0.2, 0.25) is 11.6 Å². The fourth-order valence-corrected chi connectivity index (χ4v) is 4.28. The molecule has 0 unspecified atom stereocenters. The lowest BCUT2D eigenvalue weighted by molar-refractivity contribution is 0.0970. The van der Waals surface area contributed by atoms with Crippen LogP contribution in [-0.4, -0.2) is 46.2 Å². The Labute approximate surface area is 187 Å². The SMILES string of the molecule is CC1(C)CCCC(=Cc2ccccc2)c2nnnn21.CC1(C)CCCC(=O)c2nnnn21. The Balaban J connectivity index is 0.000000165. The summed E-state index contributed by atoms with van der Waals surface area (Å²) in [7, 11) is 0. The molecule has 1 aromatic carbocycles. The lowest BCUT2D eigenvalue weighted by Gasteiger charge is -2.22. The maximum atomic E-state index is 11.5. The Hall–Kier alpha value is -3.23. The second-order valence-corrected chi connectivity index (χ2v) is 9.66. The predicted molar refractivity (Wildman–Crippen MR) is 121 cm³/mol. The lowest BCUT2D eigenvalue weighted by Crippen LogP contribution is -2.28. The van der Waals surface area contributed by atoms with E-state index >= 15 is 0 Å². The Kier molecular flexibility index (Phi) is 5.99. The number of Topliss-reactive ketones (excluding diaryl/α,β-unsaturated/α-hetero) is 1. The first-order chi connectivity index (χ1) is 15.3. The molecule has 3 aromatic rings. The number of aromatic nitrogens is 8. The highest BCUT2D eigenvalue weighted by Crippen LogP contribution is 2.33. The quantitative estimate of drug-likeness (QED) is 0.572. The lowest BCUT2D eigenvalue weighted by atomic mass is 9.98. The van der Waals surface area contributed by atoms with Gasteiger partial charge in [0, 0.05) is 6.42 Å². The van der Waals surface area contributed by atoms with Crippen molar-refractivity contribution in [3.63, 3.8) is 0 Å². The summed E-state index contributed by atoms with van der Waals surface area (Å²) in [6, 6.07) is 10.3. The van der Waals surface area contributed by atoms with Gasteiger partial charge in [-0.1, -0.05) is 30.3 Å². The van der Waals surface area contributed by atoms with Crippen molar-refractivity contribution in [1.29, 1.82) is 0 Å². The summed E-state index contributed by atoms with van der Waals surface area (Å²) in [5, 5.41) is 23.4. The minimum absolute atomic E-state index is 0.00882. The average Bonchev–Trinajstić information content (AvgIpc) is 3.41. The van der Waals surface area contributed by atoms with Gasteiger partial charge in [0.05, 0.1) is 11.1 Å². The van der Waals surface area contributed by atoms with Gasteiger partial charge in [-0.2, -0.15) is 0 Å². The minimum atomic E-state index is -0.134. The molecule has 0 radical (unpaired) electrons. The summed E-state index contributed by atoms with van der Waals surface area (Å²) < 4.78 is 3.61. The normalized spacial score (nSPS) is 20.4. The van der Waals surface area contributed by atoms with Crippen molar-refractivity contribution in [2.75, 3.05) is 0 Å². The molecule has 0 N–H and O–H groups in total. The highest BCUT2D eigenvalue weighted by atomic mass is 16.1. The molecule has 9 heteroatoms. The average molecular weight is 435 g/mol. The summed E-state index contributed by atoms with van der Waals surface area (Å²) in [5.41, 5.74) is 2.28. The molecule has 0 spiro atoms. The number of tetrazole rings is 2. The van der Waals surface area contributed by atoms with E-state index in [-0.39, 0.29) is 16.9 Å². The van der Waals surface area contributed by atoms with Crippen LogP contribution in [0.4, 0.5) is 0 Å². The third-order valence-corrected chi connectivity index (χ3v) is 6.19. The summed E-state index contributed by atoms with van der Waals surface area (Å²) >= 11 is 0. The molecule has 32 heavy (non-hydrogen) atoms. The van der Waals surface area contributed by atoms with Crippen LogP contribution < -0.4 is 0 Å². The van der Waals surface area contributed by atoms with E-state index in [2.05, 4.69) is 75.2 Å². The third-order valence-electron chi connectivity index (χ3n) is 6.19. The van der Waals surface area contributed by atoms with Crippen LogP contribution in [0.25, 0.3) is 11.6 Å². The third kappa shape index (κ3) is 4.51. The van der Waals surface area contributed by atoms with Crippen molar-refractivity contribution in [2.45, 2.75) is 77.3 Å². The van der Waals surface area contributed by atoms with Gasteiger partial charge in [0.1, 0.15) is 0 Å². The van der Waals surface area contributed by atoms with Crippen molar-refractivity contribution in [1.82, 2.24) is 40.4 Å². The number of hydrogen-bond donors (Lipinski definition) is 0. The van der Waals surface area contributed by atoms with E-state index in [0.29, 0.717) is 12.2 Å². The van der Waals surface area contributed by atoms with E-state index in [9.17, 15) is 4.79 Å². The van der Waals surface area contributed by atoms with E-state index in [4.69, 9.17) is 0 Å². The zero-order valence-electron chi connectivity index (χ0n) is 19.2. The Bertz CT molecular complexity index is 1110. The van der Waals surface area contributed by atoms with Crippen molar-refractivity contribution in [3.8, 4) is 0 Å². The van der Waals surface area contributed by atoms with Gasteiger partial charge in [-0.25, -0.2) is 9.36 Å². The number of rotatable bonds is 1. The van der Waals surface area contributed by atoms with Crippen LogP contribution in [0, 0.1) is 0 Å². The minimum Gasteiger partial charge on any atom is -0.291 e. The van der Waals surface area contributed by atoms with Gasteiger partial charge < -0.3 is 0 Å². The van der Waals surface area contributed by atoms with Crippen molar-refractivity contribution in [2.24, 2.45) is 0 Å². The molecule has 0 aliphatic carbocycles. The van der Waals surface area contributed by atoms with Gasteiger partial charge in [0.25, 0.3) is 0 Å². The Morgan fingerprint density at radius 1 is 0.812 bits per heavy atom. The topological polar surface area (TPSA) is 104 Å². The molecule has 9 nitrogen and oxygen atoms in total. The van der Waals surface area contributed by atoms with Gasteiger partial charge in [0.15, 0.2) is 5.82 Å². The molecule has 0 amide bonds. The number of ketones is 1. The van der Waals surface area contributed by atoms with Crippen LogP contribution in [0.1, 0.15) is 88.2 Å². The van der Waals surface area contributed by atoms with E-state index in [1.54, 1.807) is 4.68 Å². The molecule has 0 fully saturated rings. The van der Waals surface area contributed by atoms with E-state index in [0.717, 1.165) is 37.9 Å². The van der Waals surface area contributed by atoms with Crippen LogP contribution in [0.3, 0.4) is 0 Å². The molecular formula is C23H30N8O. The van der Waals surface area contributed by atoms with Gasteiger partial charge >= 0.3 is 0 Å². The molecule has 2 aliphatic heterocycles. The number of benzene rings is 1. The van der Waals surface area contributed by atoms with Crippen molar-refractivity contribution < 1.29 is 4.79 Å². The number of allylic oxidation sites excluding steroid dienone is 1. The van der Waals surface area contributed by atoms with Crippen LogP contribution in [0.2, 0.25) is 0 Å². The maximum Gasteiger partial charge on any atom is 0.218 e. The first kappa shape index (κ1) is 22.0. The number of nitrogens with zero attached hydrogens (tertiary/aromatic N) is 8. The fourth-order valence-electron chi connectivity index (χ4n) is 4.28. The maximum absolute atomic E-state index is 11.5. The molecule has 2 aromatic heterocycles. The van der Waals surface area contributed by atoms with Gasteiger partial charge in [-0.05, 0) is 97.9 Å².